The van der Waals surface area contributed by atoms with Crippen LogP contribution in [0.15, 0.2) is 47.5 Å². The first-order valence-electron chi connectivity index (χ1n) is 14.5. The minimum atomic E-state index is -1.34. The van der Waals surface area contributed by atoms with Gasteiger partial charge in [0.2, 0.25) is 17.2 Å². The molecule has 0 radical (unpaired) electrons. The Morgan fingerprint density at radius 2 is 1.89 bits per heavy atom. The number of pyridine rings is 4. The SMILES string of the molecule is COc1ccc(Cl)c(OCC23CC(CN2c2nc4c(cc2Cl)c(=O)c(C(=O)O)cn4-c2ccc(N4CC(N(C)C)C4)nc2)C3)n1. The molecule has 4 aromatic rings. The van der Waals surface area contributed by atoms with Crippen LogP contribution in [0.4, 0.5) is 11.6 Å². The molecule has 2 bridgehead atoms. The summed E-state index contributed by atoms with van der Waals surface area (Å²) in [5.41, 5.74) is -0.589. The monoisotopic (exact) mass is 651 g/mol. The van der Waals surface area contributed by atoms with Crippen LogP contribution < -0.4 is 24.7 Å². The van der Waals surface area contributed by atoms with Crippen molar-refractivity contribution in [2.75, 3.05) is 57.2 Å². The number of aromatic carboxylic acids is 1. The summed E-state index contributed by atoms with van der Waals surface area (Å²) in [5, 5.41) is 10.6. The number of carboxylic acids is 1. The zero-order valence-electron chi connectivity index (χ0n) is 24.9. The summed E-state index contributed by atoms with van der Waals surface area (Å²) in [6, 6.07) is 9.06. The van der Waals surface area contributed by atoms with Crippen LogP contribution in [0.5, 0.6) is 11.8 Å². The van der Waals surface area contributed by atoms with Crippen molar-refractivity contribution in [2.24, 2.45) is 5.92 Å². The molecule has 234 valence electrons. The quantitative estimate of drug-likeness (QED) is 0.282. The summed E-state index contributed by atoms with van der Waals surface area (Å²) in [4.78, 5) is 45.8. The topological polar surface area (TPSA) is 126 Å². The van der Waals surface area contributed by atoms with Gasteiger partial charge >= 0.3 is 5.97 Å². The van der Waals surface area contributed by atoms with Crippen LogP contribution in [0.1, 0.15) is 23.2 Å². The van der Waals surface area contributed by atoms with E-state index in [0.717, 1.165) is 31.7 Å². The Morgan fingerprint density at radius 1 is 1.11 bits per heavy atom. The molecule has 0 unspecified atom stereocenters. The third-order valence-electron chi connectivity index (χ3n) is 9.15. The maximum absolute atomic E-state index is 13.3. The molecule has 14 heteroatoms. The lowest BCUT2D eigenvalue weighted by atomic mass is 9.74. The third-order valence-corrected chi connectivity index (χ3v) is 9.72. The minimum Gasteiger partial charge on any atom is -0.481 e. The average molecular weight is 653 g/mol. The van der Waals surface area contributed by atoms with Crippen LogP contribution in [0, 0.1) is 5.92 Å². The highest BCUT2D eigenvalue weighted by atomic mass is 35.5. The number of halogens is 2. The van der Waals surface area contributed by atoms with Crippen molar-refractivity contribution < 1.29 is 19.4 Å². The van der Waals surface area contributed by atoms with Crippen LogP contribution in [0.25, 0.3) is 16.7 Å². The van der Waals surface area contributed by atoms with Gasteiger partial charge in [-0.15, -0.1) is 0 Å². The van der Waals surface area contributed by atoms with Crippen molar-refractivity contribution in [2.45, 2.75) is 24.4 Å². The number of carbonyl (C=O) groups is 1. The molecule has 1 aliphatic carbocycles. The van der Waals surface area contributed by atoms with Crippen molar-refractivity contribution in [3.05, 3.63) is 68.6 Å². The largest absolute Gasteiger partial charge is 0.481 e. The van der Waals surface area contributed by atoms with Crippen LogP contribution >= 0.6 is 23.2 Å². The normalized spacial score (nSPS) is 20.8. The minimum absolute atomic E-state index is 0.105. The lowest BCUT2D eigenvalue weighted by Gasteiger charge is -2.43. The predicted molar refractivity (Wildman–Crippen MR) is 171 cm³/mol. The van der Waals surface area contributed by atoms with E-state index in [9.17, 15) is 14.7 Å². The van der Waals surface area contributed by atoms with Crippen molar-refractivity contribution in [3.8, 4) is 17.4 Å². The van der Waals surface area contributed by atoms with Gasteiger partial charge in [-0.2, -0.15) is 4.98 Å². The molecule has 0 amide bonds. The highest BCUT2D eigenvalue weighted by Gasteiger charge is 2.57. The summed E-state index contributed by atoms with van der Waals surface area (Å²) in [6.07, 6.45) is 4.70. The Morgan fingerprint density at radius 3 is 2.56 bits per heavy atom. The number of hydrogen-bond acceptors (Lipinski definition) is 10. The summed E-state index contributed by atoms with van der Waals surface area (Å²) in [5.74, 6) is 1.08. The smallest absolute Gasteiger partial charge is 0.341 e. The van der Waals surface area contributed by atoms with Crippen LogP contribution in [-0.4, -0.2) is 94.5 Å². The van der Waals surface area contributed by atoms with Gasteiger partial charge in [0.15, 0.2) is 11.5 Å². The number of anilines is 2. The fourth-order valence-corrected chi connectivity index (χ4v) is 6.99. The molecule has 45 heavy (non-hydrogen) atoms. The number of nitrogens with zero attached hydrogens (tertiary/aromatic N) is 7. The standard InChI is InChI=1S/C31H31Cl2N7O5/c1-37(2)19-13-38(14-19)24-6-4-18(11-34-24)39-15-21(30(42)43)26(41)20-8-23(33)28(36-27(20)39)40-12-17-9-31(40,10-17)16-45-29-22(32)5-7-25(35-29)44-3/h4-8,11,15,17,19H,9-10,12-14,16H2,1-3H3,(H,42,43). The molecule has 1 saturated carbocycles. The number of carboxylic acid groups (broad SMARTS) is 1. The molecule has 7 heterocycles. The van der Waals surface area contributed by atoms with E-state index in [4.69, 9.17) is 37.7 Å². The molecule has 0 atom stereocenters. The Bertz CT molecular complexity index is 1870. The van der Waals surface area contributed by atoms with Gasteiger partial charge in [0.05, 0.1) is 34.9 Å². The van der Waals surface area contributed by atoms with Gasteiger partial charge in [0, 0.05) is 37.9 Å². The average Bonchev–Trinajstić information content (AvgIpc) is 3.52. The Labute approximate surface area is 268 Å². The number of hydrogen-bond donors (Lipinski definition) is 1. The number of methoxy groups -OCH3 is 1. The lowest BCUT2D eigenvalue weighted by molar-refractivity contribution is 0.0695. The molecule has 0 aromatic carbocycles. The summed E-state index contributed by atoms with van der Waals surface area (Å²) in [6.45, 7) is 2.74. The van der Waals surface area contributed by atoms with E-state index in [1.54, 1.807) is 22.9 Å². The second-order valence-electron chi connectivity index (χ2n) is 12.1. The molecule has 12 nitrogen and oxygen atoms in total. The highest BCUT2D eigenvalue weighted by molar-refractivity contribution is 6.33. The van der Waals surface area contributed by atoms with Gasteiger partial charge in [-0.3, -0.25) is 9.36 Å². The summed E-state index contributed by atoms with van der Waals surface area (Å²) in [7, 11) is 5.64. The first kappa shape index (κ1) is 29.6. The van der Waals surface area contributed by atoms with Crippen LogP contribution in [0.3, 0.4) is 0 Å². The summed E-state index contributed by atoms with van der Waals surface area (Å²) >= 11 is 13.2. The molecule has 3 aliphatic heterocycles. The fourth-order valence-electron chi connectivity index (χ4n) is 6.58. The number of fused-ring (bicyclic) bond motifs is 2. The number of aromatic nitrogens is 4. The molecular formula is C31H31Cl2N7O5. The zero-order chi connectivity index (χ0) is 31.6. The van der Waals surface area contributed by atoms with Gasteiger partial charge in [-0.25, -0.2) is 14.8 Å². The maximum atomic E-state index is 13.3. The second kappa shape index (κ2) is 11.0. The van der Waals surface area contributed by atoms with Gasteiger partial charge < -0.3 is 29.3 Å². The number of ether oxygens (including phenoxy) is 2. The van der Waals surface area contributed by atoms with E-state index in [2.05, 4.69) is 38.8 Å². The molecule has 3 saturated heterocycles. The molecule has 1 N–H and O–H groups in total. The van der Waals surface area contributed by atoms with E-state index in [1.807, 2.05) is 12.1 Å². The number of likely N-dealkylation sites (N-methyl/N-ethyl adjacent to an activating group) is 1. The van der Waals surface area contributed by atoms with Crippen molar-refractivity contribution >= 4 is 51.8 Å². The van der Waals surface area contributed by atoms with Crippen LogP contribution in [-0.2, 0) is 0 Å². The molecule has 4 aromatic heterocycles. The van der Waals surface area contributed by atoms with Crippen LogP contribution in [0.2, 0.25) is 10.0 Å². The van der Waals surface area contributed by atoms with E-state index >= 15 is 0 Å². The van der Waals surface area contributed by atoms with Gasteiger partial charge in [-0.05, 0) is 57.1 Å². The third kappa shape index (κ3) is 5.01. The highest BCUT2D eigenvalue weighted by Crippen LogP contribution is 2.53. The molecule has 8 rings (SSSR count). The molecule has 0 spiro atoms. The second-order valence-corrected chi connectivity index (χ2v) is 13.0. The van der Waals surface area contributed by atoms with E-state index in [1.165, 1.54) is 19.4 Å². The van der Waals surface area contributed by atoms with E-state index < -0.39 is 16.9 Å². The van der Waals surface area contributed by atoms with Gasteiger partial charge in [-0.1, -0.05) is 23.2 Å². The number of rotatable bonds is 9. The Balaban J connectivity index is 1.25. The first-order valence-corrected chi connectivity index (χ1v) is 15.3. The predicted octanol–water partition coefficient (Wildman–Crippen LogP) is 3.99. The lowest BCUT2D eigenvalue weighted by Crippen LogP contribution is -2.57. The van der Waals surface area contributed by atoms with Crippen molar-refractivity contribution in [3.63, 3.8) is 0 Å². The van der Waals surface area contributed by atoms with Crippen molar-refractivity contribution in [1.29, 1.82) is 0 Å². The zero-order valence-corrected chi connectivity index (χ0v) is 26.4. The Kier molecular flexibility index (Phi) is 7.25. The molecule has 4 fully saturated rings. The molecule has 4 aliphatic rings. The fraction of sp³-hybridized carbons (Fsp3) is 0.387. The first-order chi connectivity index (χ1) is 21.6. The molecular weight excluding hydrogens is 621 g/mol. The maximum Gasteiger partial charge on any atom is 0.341 e. The summed E-state index contributed by atoms with van der Waals surface area (Å²) < 4.78 is 12.9. The van der Waals surface area contributed by atoms with E-state index in [0.29, 0.717) is 47.5 Å². The van der Waals surface area contributed by atoms with Gasteiger partial charge in [0.1, 0.15) is 23.0 Å². The Hall–Kier alpha value is -4.13. The van der Waals surface area contributed by atoms with E-state index in [-0.39, 0.29) is 27.5 Å². The van der Waals surface area contributed by atoms with Gasteiger partial charge in [0.25, 0.3) is 0 Å². The van der Waals surface area contributed by atoms with Crippen molar-refractivity contribution in [1.82, 2.24) is 24.4 Å².